The molecule has 104 valence electrons. The first kappa shape index (κ1) is 14.2. The third-order valence-electron chi connectivity index (χ3n) is 2.70. The van der Waals surface area contributed by atoms with Gasteiger partial charge >= 0.3 is 5.97 Å². The van der Waals surface area contributed by atoms with Crippen LogP contribution in [-0.4, -0.2) is 14.4 Å². The molecule has 6 heteroatoms. The van der Waals surface area contributed by atoms with Gasteiger partial charge in [0, 0.05) is 6.07 Å². The van der Waals surface area contributed by atoms with Gasteiger partial charge < -0.3 is 4.74 Å². The molecule has 0 fully saturated rings. The molecule has 0 aliphatic heterocycles. The van der Waals surface area contributed by atoms with E-state index in [2.05, 4.69) is 0 Å². The van der Waals surface area contributed by atoms with E-state index < -0.39 is 16.0 Å². The van der Waals surface area contributed by atoms with E-state index in [1.807, 2.05) is 0 Å². The second-order valence-electron chi connectivity index (χ2n) is 4.23. The fraction of sp³-hybridized carbons (Fsp3) is 0.0714. The van der Waals surface area contributed by atoms with E-state index in [0.29, 0.717) is 11.1 Å². The third-order valence-corrected chi connectivity index (χ3v) is 3.61. The summed E-state index contributed by atoms with van der Waals surface area (Å²) in [5.74, 6) is -0.384. The van der Waals surface area contributed by atoms with Crippen LogP contribution in [0.1, 0.15) is 15.9 Å². The molecule has 2 aromatic carbocycles. The summed E-state index contributed by atoms with van der Waals surface area (Å²) in [5.41, 5.74) is 1.02. The molecule has 2 N–H and O–H groups in total. The van der Waals surface area contributed by atoms with Crippen molar-refractivity contribution in [3.63, 3.8) is 0 Å². The van der Waals surface area contributed by atoms with E-state index in [4.69, 9.17) is 9.88 Å². The van der Waals surface area contributed by atoms with Crippen LogP contribution in [0.2, 0.25) is 0 Å². The van der Waals surface area contributed by atoms with Gasteiger partial charge in [0.15, 0.2) is 0 Å². The molecular formula is C14H13NO4S. The molecule has 0 radical (unpaired) electrons. The van der Waals surface area contributed by atoms with Crippen molar-refractivity contribution in [3.05, 3.63) is 59.7 Å². The summed E-state index contributed by atoms with van der Waals surface area (Å²) in [4.78, 5) is 11.8. The van der Waals surface area contributed by atoms with Crippen LogP contribution >= 0.6 is 0 Å². The quantitative estimate of drug-likeness (QED) is 0.690. The summed E-state index contributed by atoms with van der Waals surface area (Å²) in [7, 11) is -3.83. The Kier molecular flexibility index (Phi) is 3.87. The molecule has 20 heavy (non-hydrogen) atoms. The van der Waals surface area contributed by atoms with Crippen molar-refractivity contribution < 1.29 is 17.9 Å². The van der Waals surface area contributed by atoms with Crippen LogP contribution in [0.4, 0.5) is 0 Å². The number of carbonyl (C=O) groups is 1. The number of sulfonamides is 1. The fourth-order valence-corrected chi connectivity index (χ4v) is 2.13. The monoisotopic (exact) mass is 291 g/mol. The van der Waals surface area contributed by atoms with E-state index in [-0.39, 0.29) is 10.6 Å². The number of hydrogen-bond acceptors (Lipinski definition) is 4. The highest BCUT2D eigenvalue weighted by Crippen LogP contribution is 2.22. The number of carbonyl (C=O) groups excluding carboxylic acids is 1. The summed E-state index contributed by atoms with van der Waals surface area (Å²) in [6.45, 7) is 1.71. The standard InChI is InChI=1S/C14H13NO4S/c1-10-7-8-12(20(15,17)18)9-13(10)19-14(16)11-5-3-2-4-6-11/h2-9H,1H3,(H2,15,17,18). The maximum atomic E-state index is 11.9. The van der Waals surface area contributed by atoms with E-state index in [1.165, 1.54) is 18.2 Å². The van der Waals surface area contributed by atoms with Gasteiger partial charge in [-0.05, 0) is 30.7 Å². The lowest BCUT2D eigenvalue weighted by molar-refractivity contribution is 0.0733. The topological polar surface area (TPSA) is 86.5 Å². The highest BCUT2D eigenvalue weighted by molar-refractivity contribution is 7.89. The van der Waals surface area contributed by atoms with Crippen molar-refractivity contribution in [2.75, 3.05) is 0 Å². The zero-order chi connectivity index (χ0) is 14.8. The van der Waals surface area contributed by atoms with Gasteiger partial charge in [0.05, 0.1) is 10.5 Å². The summed E-state index contributed by atoms with van der Waals surface area (Å²) in [5, 5.41) is 5.05. The molecule has 5 nitrogen and oxygen atoms in total. The number of benzene rings is 2. The molecule has 2 rings (SSSR count). The van der Waals surface area contributed by atoms with Crippen molar-refractivity contribution in [1.82, 2.24) is 0 Å². The predicted molar refractivity (Wildman–Crippen MR) is 74.0 cm³/mol. The van der Waals surface area contributed by atoms with Crippen LogP contribution in [-0.2, 0) is 10.0 Å². The van der Waals surface area contributed by atoms with Crippen molar-refractivity contribution >= 4 is 16.0 Å². The third kappa shape index (κ3) is 3.23. The molecule has 0 aromatic heterocycles. The van der Waals surface area contributed by atoms with Crippen molar-refractivity contribution in [2.24, 2.45) is 5.14 Å². The molecule has 0 spiro atoms. The average molecular weight is 291 g/mol. The second kappa shape index (κ2) is 5.44. The molecule has 0 atom stereocenters. The predicted octanol–water partition coefficient (Wildman–Crippen LogP) is 1.86. The molecular weight excluding hydrogens is 278 g/mol. The molecule has 0 saturated carbocycles. The summed E-state index contributed by atoms with van der Waals surface area (Å²) >= 11 is 0. The average Bonchev–Trinajstić information content (AvgIpc) is 2.41. The number of aryl methyl sites for hydroxylation is 1. The maximum Gasteiger partial charge on any atom is 0.343 e. The van der Waals surface area contributed by atoms with Crippen LogP contribution in [0.3, 0.4) is 0 Å². The lowest BCUT2D eigenvalue weighted by Crippen LogP contribution is -2.14. The number of hydrogen-bond donors (Lipinski definition) is 1. The molecule has 0 amide bonds. The van der Waals surface area contributed by atoms with Crippen molar-refractivity contribution in [3.8, 4) is 5.75 Å². The maximum absolute atomic E-state index is 11.9. The number of nitrogens with two attached hydrogens (primary N) is 1. The highest BCUT2D eigenvalue weighted by atomic mass is 32.2. The first-order valence-electron chi connectivity index (χ1n) is 5.78. The zero-order valence-electron chi connectivity index (χ0n) is 10.7. The molecule has 0 unspecified atom stereocenters. The normalized spacial score (nSPS) is 11.1. The first-order valence-corrected chi connectivity index (χ1v) is 7.33. The van der Waals surface area contributed by atoms with Gasteiger partial charge in [0.25, 0.3) is 0 Å². The van der Waals surface area contributed by atoms with Crippen LogP contribution < -0.4 is 9.88 Å². The Bertz CT molecular complexity index is 739. The Morgan fingerprint density at radius 3 is 2.35 bits per heavy atom. The lowest BCUT2D eigenvalue weighted by atomic mass is 10.2. The van der Waals surface area contributed by atoms with Gasteiger partial charge in [-0.15, -0.1) is 0 Å². The van der Waals surface area contributed by atoms with E-state index >= 15 is 0 Å². The number of rotatable bonds is 3. The highest BCUT2D eigenvalue weighted by Gasteiger charge is 2.14. The molecule has 0 heterocycles. The Labute approximate surface area is 117 Å². The Balaban J connectivity index is 2.32. The van der Waals surface area contributed by atoms with Crippen LogP contribution in [0, 0.1) is 6.92 Å². The minimum atomic E-state index is -3.83. The number of ether oxygens (including phenoxy) is 1. The SMILES string of the molecule is Cc1ccc(S(N)(=O)=O)cc1OC(=O)c1ccccc1. The van der Waals surface area contributed by atoms with Gasteiger partial charge in [-0.25, -0.2) is 18.4 Å². The molecule has 2 aromatic rings. The molecule has 0 aliphatic rings. The van der Waals surface area contributed by atoms with Crippen LogP contribution in [0.25, 0.3) is 0 Å². The summed E-state index contributed by atoms with van der Waals surface area (Å²) in [6.07, 6.45) is 0. The molecule has 0 aliphatic carbocycles. The Morgan fingerprint density at radius 1 is 1.10 bits per heavy atom. The lowest BCUT2D eigenvalue weighted by Gasteiger charge is -2.08. The Morgan fingerprint density at radius 2 is 1.75 bits per heavy atom. The first-order chi connectivity index (χ1) is 9.38. The minimum absolute atomic E-state index is 0.0982. The Hall–Kier alpha value is -2.18. The fourth-order valence-electron chi connectivity index (χ4n) is 1.60. The summed E-state index contributed by atoms with van der Waals surface area (Å²) in [6, 6.07) is 12.6. The zero-order valence-corrected chi connectivity index (χ0v) is 11.6. The number of primary sulfonamides is 1. The minimum Gasteiger partial charge on any atom is -0.423 e. The second-order valence-corrected chi connectivity index (χ2v) is 5.79. The van der Waals surface area contributed by atoms with Crippen LogP contribution in [0.15, 0.2) is 53.4 Å². The summed E-state index contributed by atoms with van der Waals surface area (Å²) < 4.78 is 27.8. The van der Waals surface area contributed by atoms with Crippen molar-refractivity contribution in [2.45, 2.75) is 11.8 Å². The van der Waals surface area contributed by atoms with Gasteiger partial charge in [0.1, 0.15) is 5.75 Å². The van der Waals surface area contributed by atoms with E-state index in [0.717, 1.165) is 0 Å². The smallest absolute Gasteiger partial charge is 0.343 e. The van der Waals surface area contributed by atoms with Gasteiger partial charge in [0.2, 0.25) is 10.0 Å². The molecule has 0 saturated heterocycles. The van der Waals surface area contributed by atoms with Gasteiger partial charge in [-0.3, -0.25) is 0 Å². The van der Waals surface area contributed by atoms with Crippen LogP contribution in [0.5, 0.6) is 5.75 Å². The van der Waals surface area contributed by atoms with E-state index in [9.17, 15) is 13.2 Å². The van der Waals surface area contributed by atoms with Gasteiger partial charge in [-0.2, -0.15) is 0 Å². The molecule has 0 bridgehead atoms. The van der Waals surface area contributed by atoms with Crippen molar-refractivity contribution in [1.29, 1.82) is 0 Å². The number of esters is 1. The van der Waals surface area contributed by atoms with E-state index in [1.54, 1.807) is 37.3 Å². The van der Waals surface area contributed by atoms with Gasteiger partial charge in [-0.1, -0.05) is 24.3 Å². The largest absolute Gasteiger partial charge is 0.423 e.